The van der Waals surface area contributed by atoms with Gasteiger partial charge in [0.05, 0.1) is 6.61 Å². The molecule has 1 fully saturated rings. The molecule has 1 rings (SSSR count). The van der Waals surface area contributed by atoms with Crippen LogP contribution in [-0.2, 0) is 0 Å². The van der Waals surface area contributed by atoms with Gasteiger partial charge in [-0.2, -0.15) is 0 Å². The highest BCUT2D eigenvalue weighted by atomic mass is 16.3. The van der Waals surface area contributed by atoms with E-state index < -0.39 is 0 Å². The number of nitrogens with one attached hydrogen (secondary N) is 1. The standard InChI is InChI=1S/C12H26N2O/c1-4-13-12(9-15)7-8-14(3)10(2)11-5-6-11/h10-13,15H,4-9H2,1-3H3. The molecule has 3 nitrogen and oxygen atoms in total. The van der Waals surface area contributed by atoms with Crippen molar-refractivity contribution in [3.8, 4) is 0 Å². The van der Waals surface area contributed by atoms with E-state index in [4.69, 9.17) is 5.11 Å². The molecule has 1 saturated carbocycles. The van der Waals surface area contributed by atoms with Gasteiger partial charge in [0.25, 0.3) is 0 Å². The number of nitrogens with zero attached hydrogens (tertiary/aromatic N) is 1. The summed E-state index contributed by atoms with van der Waals surface area (Å²) >= 11 is 0. The zero-order chi connectivity index (χ0) is 11.3. The lowest BCUT2D eigenvalue weighted by molar-refractivity contribution is 0.192. The van der Waals surface area contributed by atoms with Crippen LogP contribution in [0.4, 0.5) is 0 Å². The summed E-state index contributed by atoms with van der Waals surface area (Å²) in [5.41, 5.74) is 0. The lowest BCUT2D eigenvalue weighted by atomic mass is 10.1. The maximum absolute atomic E-state index is 9.15. The Morgan fingerprint density at radius 1 is 1.47 bits per heavy atom. The van der Waals surface area contributed by atoms with Gasteiger partial charge >= 0.3 is 0 Å². The number of aliphatic hydroxyl groups is 1. The van der Waals surface area contributed by atoms with Crippen molar-refractivity contribution in [2.75, 3.05) is 26.7 Å². The molecule has 0 radical (unpaired) electrons. The monoisotopic (exact) mass is 214 g/mol. The number of hydrogen-bond acceptors (Lipinski definition) is 3. The first-order valence-electron chi connectivity index (χ1n) is 6.23. The molecule has 90 valence electrons. The summed E-state index contributed by atoms with van der Waals surface area (Å²) in [6.07, 6.45) is 3.85. The Morgan fingerprint density at radius 3 is 2.60 bits per heavy atom. The molecule has 1 aliphatic rings. The summed E-state index contributed by atoms with van der Waals surface area (Å²) in [6, 6.07) is 0.981. The summed E-state index contributed by atoms with van der Waals surface area (Å²) in [5.74, 6) is 0.932. The molecule has 3 heteroatoms. The SMILES string of the molecule is CCNC(CO)CCN(C)C(C)C1CC1. The van der Waals surface area contributed by atoms with Crippen molar-refractivity contribution in [2.45, 2.75) is 45.2 Å². The fourth-order valence-corrected chi connectivity index (χ4v) is 2.05. The zero-order valence-electron chi connectivity index (χ0n) is 10.4. The third-order valence-electron chi connectivity index (χ3n) is 3.54. The van der Waals surface area contributed by atoms with Gasteiger partial charge in [-0.15, -0.1) is 0 Å². The van der Waals surface area contributed by atoms with Gasteiger partial charge in [-0.1, -0.05) is 6.92 Å². The Morgan fingerprint density at radius 2 is 2.13 bits per heavy atom. The van der Waals surface area contributed by atoms with E-state index in [1.54, 1.807) is 0 Å². The van der Waals surface area contributed by atoms with Gasteiger partial charge < -0.3 is 15.3 Å². The summed E-state index contributed by atoms with van der Waals surface area (Å²) in [5, 5.41) is 12.4. The molecule has 2 atom stereocenters. The van der Waals surface area contributed by atoms with Crippen molar-refractivity contribution in [3.05, 3.63) is 0 Å². The molecule has 0 bridgehead atoms. The Bertz CT molecular complexity index is 171. The molecule has 0 aliphatic heterocycles. The van der Waals surface area contributed by atoms with E-state index in [0.29, 0.717) is 6.04 Å². The molecule has 2 N–H and O–H groups in total. The van der Waals surface area contributed by atoms with Gasteiger partial charge in [0.1, 0.15) is 0 Å². The van der Waals surface area contributed by atoms with E-state index in [1.165, 1.54) is 12.8 Å². The fourth-order valence-electron chi connectivity index (χ4n) is 2.05. The van der Waals surface area contributed by atoms with E-state index in [2.05, 4.69) is 31.1 Å². The van der Waals surface area contributed by atoms with Crippen LogP contribution in [0.25, 0.3) is 0 Å². The number of hydrogen-bond donors (Lipinski definition) is 2. The van der Waals surface area contributed by atoms with E-state index >= 15 is 0 Å². The summed E-state index contributed by atoms with van der Waals surface area (Å²) in [7, 11) is 2.20. The van der Waals surface area contributed by atoms with Gasteiger partial charge in [0, 0.05) is 12.1 Å². The predicted molar refractivity (Wildman–Crippen MR) is 64.0 cm³/mol. The van der Waals surface area contributed by atoms with Crippen LogP contribution in [0, 0.1) is 5.92 Å². The topological polar surface area (TPSA) is 35.5 Å². The number of rotatable bonds is 8. The third-order valence-corrected chi connectivity index (χ3v) is 3.54. The van der Waals surface area contributed by atoms with E-state index in [9.17, 15) is 0 Å². The predicted octanol–water partition coefficient (Wildman–Crippen LogP) is 1.08. The van der Waals surface area contributed by atoms with Crippen LogP contribution < -0.4 is 5.32 Å². The van der Waals surface area contributed by atoms with Gasteiger partial charge in [0.2, 0.25) is 0 Å². The second-order valence-corrected chi connectivity index (χ2v) is 4.78. The lowest BCUT2D eigenvalue weighted by Crippen LogP contribution is -2.38. The van der Waals surface area contributed by atoms with Crippen molar-refractivity contribution < 1.29 is 5.11 Å². The second-order valence-electron chi connectivity index (χ2n) is 4.78. The fraction of sp³-hybridized carbons (Fsp3) is 1.00. The van der Waals surface area contributed by atoms with Crippen LogP contribution >= 0.6 is 0 Å². The van der Waals surface area contributed by atoms with E-state index in [-0.39, 0.29) is 12.6 Å². The van der Waals surface area contributed by atoms with Gasteiger partial charge in [-0.25, -0.2) is 0 Å². The summed E-state index contributed by atoms with van der Waals surface area (Å²) < 4.78 is 0. The molecule has 0 amide bonds. The maximum Gasteiger partial charge on any atom is 0.0585 e. The van der Waals surface area contributed by atoms with Crippen LogP contribution in [0.5, 0.6) is 0 Å². The van der Waals surface area contributed by atoms with Crippen LogP contribution in [0.15, 0.2) is 0 Å². The highest BCUT2D eigenvalue weighted by molar-refractivity contribution is 4.84. The molecule has 0 heterocycles. The Labute approximate surface area is 93.9 Å². The summed E-state index contributed by atoms with van der Waals surface area (Å²) in [4.78, 5) is 2.43. The van der Waals surface area contributed by atoms with Crippen LogP contribution in [0.1, 0.15) is 33.1 Å². The molecule has 0 aromatic heterocycles. The zero-order valence-corrected chi connectivity index (χ0v) is 10.4. The van der Waals surface area contributed by atoms with Crippen LogP contribution in [0.3, 0.4) is 0 Å². The Hall–Kier alpha value is -0.120. The van der Waals surface area contributed by atoms with Gasteiger partial charge in [-0.05, 0) is 52.2 Å². The minimum absolute atomic E-state index is 0.249. The first kappa shape index (κ1) is 12.9. The summed E-state index contributed by atoms with van der Waals surface area (Å²) in [6.45, 7) is 6.67. The quantitative estimate of drug-likeness (QED) is 0.634. The normalized spacial score (nSPS) is 20.6. The highest BCUT2D eigenvalue weighted by Gasteiger charge is 2.30. The van der Waals surface area contributed by atoms with E-state index in [1.807, 2.05) is 0 Å². The number of aliphatic hydroxyl groups excluding tert-OH is 1. The second kappa shape index (κ2) is 6.46. The average Bonchev–Trinajstić information content (AvgIpc) is 3.06. The maximum atomic E-state index is 9.15. The molecule has 15 heavy (non-hydrogen) atoms. The molecular formula is C12H26N2O. The van der Waals surface area contributed by atoms with E-state index in [0.717, 1.165) is 25.4 Å². The van der Waals surface area contributed by atoms with Crippen molar-refractivity contribution in [2.24, 2.45) is 5.92 Å². The van der Waals surface area contributed by atoms with Crippen molar-refractivity contribution in [1.29, 1.82) is 0 Å². The van der Waals surface area contributed by atoms with Crippen molar-refractivity contribution in [1.82, 2.24) is 10.2 Å². The van der Waals surface area contributed by atoms with Crippen molar-refractivity contribution >= 4 is 0 Å². The smallest absolute Gasteiger partial charge is 0.0585 e. The van der Waals surface area contributed by atoms with Crippen LogP contribution in [-0.4, -0.2) is 48.8 Å². The molecule has 0 aromatic rings. The molecule has 1 aliphatic carbocycles. The Balaban J connectivity index is 2.15. The average molecular weight is 214 g/mol. The van der Waals surface area contributed by atoms with Crippen LogP contribution in [0.2, 0.25) is 0 Å². The molecule has 2 unspecified atom stereocenters. The van der Waals surface area contributed by atoms with Crippen molar-refractivity contribution in [3.63, 3.8) is 0 Å². The highest BCUT2D eigenvalue weighted by Crippen LogP contribution is 2.34. The molecule has 0 aromatic carbocycles. The first-order chi connectivity index (χ1) is 7.19. The number of likely N-dealkylation sites (N-methyl/N-ethyl adjacent to an activating group) is 1. The van der Waals surface area contributed by atoms with Gasteiger partial charge in [-0.3, -0.25) is 0 Å². The minimum Gasteiger partial charge on any atom is -0.395 e. The third kappa shape index (κ3) is 4.49. The Kier molecular flexibility index (Phi) is 5.58. The van der Waals surface area contributed by atoms with Gasteiger partial charge in [0.15, 0.2) is 0 Å². The molecular weight excluding hydrogens is 188 g/mol. The molecule has 0 saturated heterocycles. The first-order valence-corrected chi connectivity index (χ1v) is 6.23. The lowest BCUT2D eigenvalue weighted by Gasteiger charge is -2.26. The molecule has 0 spiro atoms. The largest absolute Gasteiger partial charge is 0.395 e. The minimum atomic E-state index is 0.249.